The lowest BCUT2D eigenvalue weighted by Crippen LogP contribution is -2.37. The van der Waals surface area contributed by atoms with Crippen LogP contribution in [0.2, 0.25) is 0 Å². The van der Waals surface area contributed by atoms with E-state index in [1.54, 1.807) is 7.05 Å². The second-order valence-electron chi connectivity index (χ2n) is 4.99. The van der Waals surface area contributed by atoms with Gasteiger partial charge in [0.2, 0.25) is 5.56 Å². The first-order valence-electron chi connectivity index (χ1n) is 6.83. The number of nitrogens with zero attached hydrogens (tertiary/aromatic N) is 1. The zero-order valence-electron chi connectivity index (χ0n) is 12.2. The molecule has 2 rings (SSSR count). The van der Waals surface area contributed by atoms with Crippen molar-refractivity contribution < 1.29 is 4.79 Å². The Morgan fingerprint density at radius 2 is 1.90 bits per heavy atom. The van der Waals surface area contributed by atoms with Crippen molar-refractivity contribution in [2.75, 3.05) is 11.9 Å². The third-order valence-corrected chi connectivity index (χ3v) is 3.11. The molecule has 1 amide bonds. The number of benzene rings is 1. The summed E-state index contributed by atoms with van der Waals surface area (Å²) in [6, 6.07) is 12.7. The first-order chi connectivity index (χ1) is 10.1. The van der Waals surface area contributed by atoms with E-state index in [2.05, 4.69) is 10.6 Å². The molecule has 1 heterocycles. The van der Waals surface area contributed by atoms with Crippen molar-refractivity contribution in [1.82, 2.24) is 9.88 Å². The monoisotopic (exact) mass is 285 g/mol. The van der Waals surface area contributed by atoms with Gasteiger partial charge in [0, 0.05) is 37.6 Å². The third-order valence-electron chi connectivity index (χ3n) is 3.11. The van der Waals surface area contributed by atoms with Gasteiger partial charge < -0.3 is 15.2 Å². The fourth-order valence-electron chi connectivity index (χ4n) is 1.91. The van der Waals surface area contributed by atoms with Gasteiger partial charge in [-0.05, 0) is 25.1 Å². The SMILES string of the molecule is C[C@@H](CNc1ccccc1)NC(=O)c1ccc(=O)n(C)c1. The lowest BCUT2D eigenvalue weighted by Gasteiger charge is -2.15. The maximum Gasteiger partial charge on any atom is 0.253 e. The minimum atomic E-state index is -0.187. The van der Waals surface area contributed by atoms with E-state index in [4.69, 9.17) is 0 Å². The van der Waals surface area contributed by atoms with E-state index < -0.39 is 0 Å². The van der Waals surface area contributed by atoms with Gasteiger partial charge in [0.25, 0.3) is 5.91 Å². The molecule has 0 aliphatic heterocycles. The van der Waals surface area contributed by atoms with Crippen molar-refractivity contribution in [3.05, 3.63) is 64.6 Å². The van der Waals surface area contributed by atoms with E-state index in [-0.39, 0.29) is 17.5 Å². The van der Waals surface area contributed by atoms with Gasteiger partial charge in [-0.15, -0.1) is 0 Å². The Morgan fingerprint density at radius 3 is 2.57 bits per heavy atom. The first kappa shape index (κ1) is 14.8. The summed E-state index contributed by atoms with van der Waals surface area (Å²) in [5.41, 5.74) is 1.36. The van der Waals surface area contributed by atoms with E-state index in [0.29, 0.717) is 12.1 Å². The molecule has 1 aromatic carbocycles. The average molecular weight is 285 g/mol. The molecule has 5 nitrogen and oxygen atoms in total. The summed E-state index contributed by atoms with van der Waals surface area (Å²) in [4.78, 5) is 23.4. The van der Waals surface area contributed by atoms with Crippen LogP contribution in [0.3, 0.4) is 0 Å². The maximum absolute atomic E-state index is 12.1. The van der Waals surface area contributed by atoms with E-state index in [1.165, 1.54) is 22.9 Å². The Hall–Kier alpha value is -2.56. The molecule has 1 atom stereocenters. The lowest BCUT2D eigenvalue weighted by atomic mass is 10.2. The van der Waals surface area contributed by atoms with Crippen molar-refractivity contribution in [2.45, 2.75) is 13.0 Å². The highest BCUT2D eigenvalue weighted by atomic mass is 16.2. The van der Waals surface area contributed by atoms with Gasteiger partial charge in [0.15, 0.2) is 0 Å². The normalized spacial score (nSPS) is 11.7. The van der Waals surface area contributed by atoms with Gasteiger partial charge in [-0.3, -0.25) is 9.59 Å². The minimum absolute atomic E-state index is 0.0325. The third kappa shape index (κ3) is 4.21. The summed E-state index contributed by atoms with van der Waals surface area (Å²) in [6.45, 7) is 2.55. The van der Waals surface area contributed by atoms with Crippen molar-refractivity contribution in [3.63, 3.8) is 0 Å². The topological polar surface area (TPSA) is 63.1 Å². The highest BCUT2D eigenvalue weighted by molar-refractivity contribution is 5.94. The zero-order valence-corrected chi connectivity index (χ0v) is 12.2. The van der Waals surface area contributed by atoms with Crippen LogP contribution < -0.4 is 16.2 Å². The van der Waals surface area contributed by atoms with Crippen LogP contribution in [0.4, 0.5) is 5.69 Å². The number of nitrogens with one attached hydrogen (secondary N) is 2. The quantitative estimate of drug-likeness (QED) is 0.877. The van der Waals surface area contributed by atoms with Crippen LogP contribution in [0.25, 0.3) is 0 Å². The van der Waals surface area contributed by atoms with E-state index in [9.17, 15) is 9.59 Å². The summed E-state index contributed by atoms with van der Waals surface area (Å²) in [5.74, 6) is -0.187. The van der Waals surface area contributed by atoms with Crippen LogP contribution >= 0.6 is 0 Å². The molecule has 2 N–H and O–H groups in total. The number of carbonyl (C=O) groups is 1. The molecule has 0 saturated heterocycles. The van der Waals surface area contributed by atoms with Gasteiger partial charge in [-0.2, -0.15) is 0 Å². The molecule has 0 radical (unpaired) electrons. The van der Waals surface area contributed by atoms with E-state index in [1.807, 2.05) is 37.3 Å². The number of pyridine rings is 1. The summed E-state index contributed by atoms with van der Waals surface area (Å²) in [5, 5.41) is 6.15. The van der Waals surface area contributed by atoms with Crippen LogP contribution in [0.1, 0.15) is 17.3 Å². The lowest BCUT2D eigenvalue weighted by molar-refractivity contribution is 0.0941. The molecule has 0 unspecified atom stereocenters. The van der Waals surface area contributed by atoms with Gasteiger partial charge in [-0.25, -0.2) is 0 Å². The number of rotatable bonds is 5. The Bertz CT molecular complexity index is 665. The predicted molar refractivity (Wildman–Crippen MR) is 83.5 cm³/mol. The van der Waals surface area contributed by atoms with Crippen LogP contribution in [0, 0.1) is 0 Å². The number of carbonyl (C=O) groups excluding carboxylic acids is 1. The van der Waals surface area contributed by atoms with Gasteiger partial charge in [-0.1, -0.05) is 18.2 Å². The standard InChI is InChI=1S/C16H19N3O2/c1-12(10-17-14-6-4-3-5-7-14)18-16(21)13-8-9-15(20)19(2)11-13/h3-9,11-12,17H,10H2,1-2H3,(H,18,21)/t12-/m0/s1. The molecule has 0 saturated carbocycles. The number of amides is 1. The molecule has 0 aliphatic carbocycles. The van der Waals surface area contributed by atoms with Gasteiger partial charge in [0.05, 0.1) is 5.56 Å². The fourth-order valence-corrected chi connectivity index (χ4v) is 1.91. The summed E-state index contributed by atoms with van der Waals surface area (Å²) in [6.07, 6.45) is 1.54. The molecule has 0 aliphatic rings. The molecule has 0 bridgehead atoms. The Labute approximate surface area is 123 Å². The van der Waals surface area contributed by atoms with Gasteiger partial charge in [0.1, 0.15) is 0 Å². The van der Waals surface area contributed by atoms with Crippen molar-refractivity contribution in [2.24, 2.45) is 7.05 Å². The molecule has 21 heavy (non-hydrogen) atoms. The largest absolute Gasteiger partial charge is 0.383 e. The Kier molecular flexibility index (Phi) is 4.77. The Balaban J connectivity index is 1.89. The van der Waals surface area contributed by atoms with E-state index in [0.717, 1.165) is 5.69 Å². The summed E-state index contributed by atoms with van der Waals surface area (Å²) >= 11 is 0. The van der Waals surface area contributed by atoms with Crippen LogP contribution in [-0.4, -0.2) is 23.1 Å². The fraction of sp³-hybridized carbons (Fsp3) is 0.250. The maximum atomic E-state index is 12.1. The molecule has 0 fully saturated rings. The number of para-hydroxylation sites is 1. The number of anilines is 1. The zero-order chi connectivity index (χ0) is 15.2. The summed E-state index contributed by atoms with van der Waals surface area (Å²) < 4.78 is 1.39. The number of hydrogen-bond acceptors (Lipinski definition) is 3. The molecule has 0 spiro atoms. The highest BCUT2D eigenvalue weighted by Crippen LogP contribution is 2.04. The average Bonchev–Trinajstić information content (AvgIpc) is 2.49. The summed E-state index contributed by atoms with van der Waals surface area (Å²) in [7, 11) is 1.62. The minimum Gasteiger partial charge on any atom is -0.383 e. The first-order valence-corrected chi connectivity index (χ1v) is 6.83. The number of aryl methyl sites for hydroxylation is 1. The van der Waals surface area contributed by atoms with Crippen molar-refractivity contribution >= 4 is 11.6 Å². The number of aromatic nitrogens is 1. The van der Waals surface area contributed by atoms with E-state index >= 15 is 0 Å². The molecule has 110 valence electrons. The Morgan fingerprint density at radius 1 is 1.19 bits per heavy atom. The van der Waals surface area contributed by atoms with Crippen LogP contribution in [-0.2, 0) is 7.05 Å². The van der Waals surface area contributed by atoms with Crippen LogP contribution in [0.5, 0.6) is 0 Å². The van der Waals surface area contributed by atoms with Crippen LogP contribution in [0.15, 0.2) is 53.5 Å². The molecule has 2 aromatic rings. The molecule has 5 heteroatoms. The second-order valence-corrected chi connectivity index (χ2v) is 4.99. The van der Waals surface area contributed by atoms with Crippen molar-refractivity contribution in [3.8, 4) is 0 Å². The van der Waals surface area contributed by atoms with Crippen molar-refractivity contribution in [1.29, 1.82) is 0 Å². The highest BCUT2D eigenvalue weighted by Gasteiger charge is 2.10. The molecule has 1 aromatic heterocycles. The number of hydrogen-bond donors (Lipinski definition) is 2. The molecular formula is C16H19N3O2. The predicted octanol–water partition coefficient (Wildman–Crippen LogP) is 1.62. The smallest absolute Gasteiger partial charge is 0.253 e. The molecular weight excluding hydrogens is 266 g/mol. The second kappa shape index (κ2) is 6.74. The van der Waals surface area contributed by atoms with Gasteiger partial charge >= 0.3 is 0 Å².